The first-order valence-corrected chi connectivity index (χ1v) is 9.74. The van der Waals surface area contributed by atoms with Crippen LogP contribution >= 0.6 is 0 Å². The predicted molar refractivity (Wildman–Crippen MR) is 98.5 cm³/mol. The zero-order valence-electron chi connectivity index (χ0n) is 15.2. The number of non-ortho nitro benzene ring substituents is 1. The summed E-state index contributed by atoms with van der Waals surface area (Å²) in [6.45, 7) is 5.57. The van der Waals surface area contributed by atoms with Crippen molar-refractivity contribution < 1.29 is 14.4 Å². The quantitative estimate of drug-likeness (QED) is 0.432. The molecule has 2 aliphatic carbocycles. The molecule has 3 fully saturated rings. The van der Waals surface area contributed by atoms with Gasteiger partial charge in [0, 0.05) is 23.5 Å². The fourth-order valence-corrected chi connectivity index (χ4v) is 5.39. The molecule has 140 valence electrons. The van der Waals surface area contributed by atoms with Crippen LogP contribution in [0.2, 0.25) is 0 Å². The van der Waals surface area contributed by atoms with Crippen LogP contribution in [0.1, 0.15) is 50.5 Å². The standard InChI is InChI=1S/C21H27NO4/c1-15-6-9-17-5-3-2-4-12-21(17)14-26-20(19(15)21)25-13-16-7-10-18(11-8-16)22(23)24/h7-8,10-11,17,19-20H,1-6,9,12-14H2/t17-,19+,20-,21+/m1/s1. The van der Waals surface area contributed by atoms with Gasteiger partial charge in [-0.2, -0.15) is 0 Å². The monoisotopic (exact) mass is 357 g/mol. The van der Waals surface area contributed by atoms with Crippen LogP contribution in [-0.4, -0.2) is 17.8 Å². The Balaban J connectivity index is 1.47. The first kappa shape index (κ1) is 17.7. The van der Waals surface area contributed by atoms with Gasteiger partial charge in [-0.25, -0.2) is 0 Å². The largest absolute Gasteiger partial charge is 0.351 e. The molecule has 1 aromatic rings. The van der Waals surface area contributed by atoms with Gasteiger partial charge in [-0.3, -0.25) is 10.1 Å². The summed E-state index contributed by atoms with van der Waals surface area (Å²) in [6.07, 6.45) is 8.55. The number of ether oxygens (including phenoxy) is 2. The summed E-state index contributed by atoms with van der Waals surface area (Å²) < 4.78 is 12.3. The average molecular weight is 357 g/mol. The molecule has 0 radical (unpaired) electrons. The molecule has 4 rings (SSSR count). The lowest BCUT2D eigenvalue weighted by atomic mass is 9.58. The third-order valence-electron chi connectivity index (χ3n) is 6.73. The highest BCUT2D eigenvalue weighted by Crippen LogP contribution is 2.59. The molecule has 5 heteroatoms. The minimum atomic E-state index is -0.382. The molecule has 1 aliphatic heterocycles. The van der Waals surface area contributed by atoms with Crippen LogP contribution in [-0.2, 0) is 16.1 Å². The van der Waals surface area contributed by atoms with E-state index >= 15 is 0 Å². The van der Waals surface area contributed by atoms with Crippen molar-refractivity contribution in [3.05, 3.63) is 52.1 Å². The molecular weight excluding hydrogens is 330 g/mol. The molecule has 2 saturated carbocycles. The second-order valence-electron chi connectivity index (χ2n) is 8.12. The second kappa shape index (κ2) is 7.12. The normalized spacial score (nSPS) is 34.0. The number of nitro groups is 1. The van der Waals surface area contributed by atoms with E-state index < -0.39 is 0 Å². The van der Waals surface area contributed by atoms with Crippen LogP contribution in [0.5, 0.6) is 0 Å². The fraction of sp³-hybridized carbons (Fsp3) is 0.619. The molecule has 1 heterocycles. The topological polar surface area (TPSA) is 61.6 Å². The van der Waals surface area contributed by atoms with Crippen molar-refractivity contribution in [2.75, 3.05) is 6.61 Å². The molecule has 1 spiro atoms. The number of rotatable bonds is 4. The van der Waals surface area contributed by atoms with Crippen LogP contribution in [0, 0.1) is 27.4 Å². The van der Waals surface area contributed by atoms with E-state index in [1.165, 1.54) is 56.2 Å². The predicted octanol–water partition coefficient (Wildman–Crippen LogP) is 5.00. The Morgan fingerprint density at radius 3 is 2.81 bits per heavy atom. The van der Waals surface area contributed by atoms with Crippen molar-refractivity contribution in [1.29, 1.82) is 0 Å². The van der Waals surface area contributed by atoms with Crippen molar-refractivity contribution in [2.24, 2.45) is 17.3 Å². The second-order valence-corrected chi connectivity index (χ2v) is 8.12. The maximum atomic E-state index is 10.8. The van der Waals surface area contributed by atoms with Crippen molar-refractivity contribution in [3.8, 4) is 0 Å². The van der Waals surface area contributed by atoms with Gasteiger partial charge in [-0.1, -0.05) is 31.4 Å². The Bertz CT molecular complexity index is 686. The Morgan fingerprint density at radius 1 is 1.23 bits per heavy atom. The van der Waals surface area contributed by atoms with E-state index in [-0.39, 0.29) is 28.2 Å². The smallest absolute Gasteiger partial charge is 0.269 e. The van der Waals surface area contributed by atoms with E-state index in [1.807, 2.05) is 0 Å². The maximum Gasteiger partial charge on any atom is 0.269 e. The molecule has 0 bridgehead atoms. The molecule has 0 unspecified atom stereocenters. The van der Waals surface area contributed by atoms with E-state index in [0.29, 0.717) is 6.61 Å². The number of nitrogens with zero attached hydrogens (tertiary/aromatic N) is 1. The highest BCUT2D eigenvalue weighted by atomic mass is 16.7. The number of benzene rings is 1. The lowest BCUT2D eigenvalue weighted by Crippen LogP contribution is -2.43. The number of hydrogen-bond acceptors (Lipinski definition) is 4. The summed E-state index contributed by atoms with van der Waals surface area (Å²) in [7, 11) is 0. The third-order valence-corrected chi connectivity index (χ3v) is 6.73. The maximum absolute atomic E-state index is 10.8. The SMILES string of the molecule is C=C1CC[C@H]2CCCCC[C@]23CO[C@@H](OCc2ccc([N+](=O)[O-])cc2)[C@H]13. The van der Waals surface area contributed by atoms with Crippen LogP contribution in [0.3, 0.4) is 0 Å². The van der Waals surface area contributed by atoms with Gasteiger partial charge in [0.25, 0.3) is 5.69 Å². The Kier molecular flexibility index (Phi) is 4.84. The highest BCUT2D eigenvalue weighted by Gasteiger charge is 2.57. The van der Waals surface area contributed by atoms with Crippen LogP contribution < -0.4 is 0 Å². The van der Waals surface area contributed by atoms with Gasteiger partial charge in [-0.15, -0.1) is 0 Å². The van der Waals surface area contributed by atoms with Crippen molar-refractivity contribution >= 4 is 5.69 Å². The molecule has 1 aromatic carbocycles. The zero-order valence-corrected chi connectivity index (χ0v) is 15.2. The summed E-state index contributed by atoms with van der Waals surface area (Å²) in [6, 6.07) is 6.56. The molecule has 0 aromatic heterocycles. The van der Waals surface area contributed by atoms with E-state index in [0.717, 1.165) is 24.5 Å². The van der Waals surface area contributed by atoms with Crippen molar-refractivity contribution in [3.63, 3.8) is 0 Å². The van der Waals surface area contributed by atoms with Crippen molar-refractivity contribution in [1.82, 2.24) is 0 Å². The summed E-state index contributed by atoms with van der Waals surface area (Å²) in [5, 5.41) is 10.8. The van der Waals surface area contributed by atoms with E-state index in [1.54, 1.807) is 12.1 Å². The van der Waals surface area contributed by atoms with E-state index in [2.05, 4.69) is 6.58 Å². The van der Waals surface area contributed by atoms with Gasteiger partial charge >= 0.3 is 0 Å². The minimum Gasteiger partial charge on any atom is -0.351 e. The molecule has 0 N–H and O–H groups in total. The van der Waals surface area contributed by atoms with Crippen LogP contribution in [0.25, 0.3) is 0 Å². The lowest BCUT2D eigenvalue weighted by molar-refractivity contribution is -0.384. The van der Waals surface area contributed by atoms with E-state index in [9.17, 15) is 10.1 Å². The van der Waals surface area contributed by atoms with Gasteiger partial charge in [0.1, 0.15) is 0 Å². The average Bonchev–Trinajstić information content (AvgIpc) is 2.89. The Hall–Kier alpha value is -1.72. The van der Waals surface area contributed by atoms with Gasteiger partial charge in [0.2, 0.25) is 0 Å². The summed E-state index contributed by atoms with van der Waals surface area (Å²) >= 11 is 0. The van der Waals surface area contributed by atoms with Gasteiger partial charge in [-0.05, 0) is 49.3 Å². The fourth-order valence-electron chi connectivity index (χ4n) is 5.39. The highest BCUT2D eigenvalue weighted by molar-refractivity contribution is 5.32. The van der Waals surface area contributed by atoms with E-state index in [4.69, 9.17) is 9.47 Å². The summed E-state index contributed by atoms with van der Waals surface area (Å²) in [5.41, 5.74) is 2.53. The Labute approximate surface area is 154 Å². The molecule has 4 atom stereocenters. The first-order chi connectivity index (χ1) is 12.6. The Morgan fingerprint density at radius 2 is 2.04 bits per heavy atom. The minimum absolute atomic E-state index is 0.103. The van der Waals surface area contributed by atoms with Gasteiger partial charge in [0.15, 0.2) is 6.29 Å². The van der Waals surface area contributed by atoms with Crippen LogP contribution in [0.15, 0.2) is 36.4 Å². The van der Waals surface area contributed by atoms with Crippen molar-refractivity contribution in [2.45, 2.75) is 57.8 Å². The molecule has 0 amide bonds. The lowest BCUT2D eigenvalue weighted by Gasteiger charge is -2.46. The number of hydrogen-bond donors (Lipinski definition) is 0. The van der Waals surface area contributed by atoms with Gasteiger partial charge < -0.3 is 9.47 Å². The summed E-state index contributed by atoms with van der Waals surface area (Å²) in [4.78, 5) is 10.4. The molecule has 26 heavy (non-hydrogen) atoms. The molecular formula is C21H27NO4. The molecule has 5 nitrogen and oxygen atoms in total. The third kappa shape index (κ3) is 3.08. The molecule has 1 saturated heterocycles. The summed E-state index contributed by atoms with van der Waals surface area (Å²) in [5.74, 6) is 1.02. The van der Waals surface area contributed by atoms with Crippen LogP contribution in [0.4, 0.5) is 5.69 Å². The number of nitro benzene ring substituents is 1. The zero-order chi connectivity index (χ0) is 18.1. The molecule has 3 aliphatic rings. The first-order valence-electron chi connectivity index (χ1n) is 9.74. The van der Waals surface area contributed by atoms with Gasteiger partial charge in [0.05, 0.1) is 18.1 Å².